The Morgan fingerprint density at radius 2 is 1.85 bits per heavy atom. The summed E-state index contributed by atoms with van der Waals surface area (Å²) in [5, 5.41) is 2.75. The van der Waals surface area contributed by atoms with Gasteiger partial charge in [-0.1, -0.05) is 36.4 Å². The lowest BCUT2D eigenvalue weighted by molar-refractivity contribution is 0.0460. The number of carbonyl (C=O) groups is 2. The van der Waals surface area contributed by atoms with Crippen molar-refractivity contribution >= 4 is 17.5 Å². The Morgan fingerprint density at radius 3 is 2.54 bits per heavy atom. The van der Waals surface area contributed by atoms with Gasteiger partial charge in [-0.05, 0) is 42.3 Å². The van der Waals surface area contributed by atoms with Gasteiger partial charge in [0.25, 0.3) is 11.8 Å². The Labute approximate surface area is 151 Å². The summed E-state index contributed by atoms with van der Waals surface area (Å²) in [7, 11) is 0. The van der Waals surface area contributed by atoms with E-state index in [1.165, 1.54) is 6.26 Å². The maximum Gasteiger partial charge on any atom is 0.291 e. The smallest absolute Gasteiger partial charge is 0.291 e. The second-order valence-corrected chi connectivity index (χ2v) is 6.23. The van der Waals surface area contributed by atoms with Crippen molar-refractivity contribution in [2.45, 2.75) is 12.5 Å². The number of carbonyl (C=O) groups excluding carboxylic acids is 2. The highest BCUT2D eigenvalue weighted by Crippen LogP contribution is 2.34. The van der Waals surface area contributed by atoms with Crippen LogP contribution in [-0.2, 0) is 0 Å². The second kappa shape index (κ2) is 6.88. The van der Waals surface area contributed by atoms with Crippen LogP contribution in [0.25, 0.3) is 0 Å². The number of rotatable bonds is 4. The molecule has 5 nitrogen and oxygen atoms in total. The molecule has 1 aliphatic rings. The third-order valence-corrected chi connectivity index (χ3v) is 4.58. The molecule has 1 saturated heterocycles. The van der Waals surface area contributed by atoms with Gasteiger partial charge in [-0.2, -0.15) is 0 Å². The molecular weight excluding hydrogens is 328 g/mol. The number of nitrogens with one attached hydrogen (secondary N) is 1. The van der Waals surface area contributed by atoms with Crippen LogP contribution in [0.5, 0.6) is 0 Å². The Kier molecular flexibility index (Phi) is 4.27. The van der Waals surface area contributed by atoms with Gasteiger partial charge in [0.05, 0.1) is 12.3 Å². The third-order valence-electron chi connectivity index (χ3n) is 4.58. The molecule has 1 atom stereocenters. The van der Waals surface area contributed by atoms with Gasteiger partial charge >= 0.3 is 0 Å². The molecule has 5 heteroatoms. The minimum Gasteiger partial charge on any atom is -0.459 e. The maximum absolute atomic E-state index is 12.9. The topological polar surface area (TPSA) is 62.6 Å². The molecule has 2 aromatic carbocycles. The molecule has 0 aliphatic carbocycles. The minimum absolute atomic E-state index is 0.0285. The molecule has 2 amide bonds. The van der Waals surface area contributed by atoms with Crippen LogP contribution in [0, 0.1) is 0 Å². The van der Waals surface area contributed by atoms with Crippen molar-refractivity contribution in [2.75, 3.05) is 11.9 Å². The Bertz CT molecular complexity index is 919. The van der Waals surface area contributed by atoms with Crippen molar-refractivity contribution in [1.29, 1.82) is 0 Å². The third kappa shape index (κ3) is 3.11. The van der Waals surface area contributed by atoms with E-state index in [9.17, 15) is 9.59 Å². The summed E-state index contributed by atoms with van der Waals surface area (Å²) in [5.41, 5.74) is 2.27. The summed E-state index contributed by atoms with van der Waals surface area (Å²) in [6.45, 7) is 0.737. The van der Waals surface area contributed by atoms with Crippen molar-refractivity contribution in [3.8, 4) is 0 Å². The number of anilines is 1. The number of likely N-dealkylation sites (tertiary alicyclic amines) is 1. The van der Waals surface area contributed by atoms with E-state index in [4.69, 9.17) is 4.42 Å². The zero-order valence-corrected chi connectivity index (χ0v) is 14.1. The largest absolute Gasteiger partial charge is 0.459 e. The minimum atomic E-state index is -0.342. The second-order valence-electron chi connectivity index (χ2n) is 6.23. The van der Waals surface area contributed by atoms with Crippen LogP contribution < -0.4 is 5.32 Å². The standard InChI is InChI=1S/C21H18N2O3/c24-20(19-10-5-13-26-19)22-17-9-4-8-16(14-17)21(25)23-12-11-18(23)15-6-2-1-3-7-15/h1-10,13-14,18H,11-12H2,(H,22,24)/t18-/m1/s1. The summed E-state index contributed by atoms with van der Waals surface area (Å²) >= 11 is 0. The first-order chi connectivity index (χ1) is 12.7. The fourth-order valence-electron chi connectivity index (χ4n) is 3.15. The van der Waals surface area contributed by atoms with Gasteiger partial charge in [0, 0.05) is 17.8 Å². The van der Waals surface area contributed by atoms with E-state index in [-0.39, 0.29) is 23.6 Å². The Hall–Kier alpha value is -3.34. The normalized spacial score (nSPS) is 16.0. The van der Waals surface area contributed by atoms with Crippen molar-refractivity contribution < 1.29 is 14.0 Å². The molecule has 1 aromatic heterocycles. The first-order valence-corrected chi connectivity index (χ1v) is 8.53. The predicted molar refractivity (Wildman–Crippen MR) is 97.9 cm³/mol. The summed E-state index contributed by atoms with van der Waals surface area (Å²) in [5.74, 6) is -0.140. The number of hydrogen-bond acceptors (Lipinski definition) is 3. The van der Waals surface area contributed by atoms with E-state index >= 15 is 0 Å². The van der Waals surface area contributed by atoms with Crippen LogP contribution in [-0.4, -0.2) is 23.3 Å². The highest BCUT2D eigenvalue weighted by molar-refractivity contribution is 6.03. The number of furan rings is 1. The van der Waals surface area contributed by atoms with Crippen LogP contribution in [0.15, 0.2) is 77.4 Å². The van der Waals surface area contributed by atoms with Crippen molar-refractivity contribution in [1.82, 2.24) is 4.90 Å². The van der Waals surface area contributed by atoms with Gasteiger partial charge in [-0.15, -0.1) is 0 Å². The molecule has 0 spiro atoms. The molecule has 0 unspecified atom stereocenters. The fraction of sp³-hybridized carbons (Fsp3) is 0.143. The van der Waals surface area contributed by atoms with Crippen LogP contribution in [0.4, 0.5) is 5.69 Å². The molecule has 0 radical (unpaired) electrons. The van der Waals surface area contributed by atoms with Crippen molar-refractivity contribution in [2.24, 2.45) is 0 Å². The highest BCUT2D eigenvalue weighted by atomic mass is 16.3. The first-order valence-electron chi connectivity index (χ1n) is 8.53. The van der Waals surface area contributed by atoms with E-state index in [0.717, 1.165) is 18.5 Å². The summed E-state index contributed by atoms with van der Waals surface area (Å²) in [6.07, 6.45) is 2.41. The van der Waals surface area contributed by atoms with Crippen molar-refractivity contribution in [3.63, 3.8) is 0 Å². The lowest BCUT2D eigenvalue weighted by Crippen LogP contribution is -2.45. The quantitative estimate of drug-likeness (QED) is 0.773. The summed E-state index contributed by atoms with van der Waals surface area (Å²) in [4.78, 5) is 26.8. The molecule has 26 heavy (non-hydrogen) atoms. The molecule has 4 rings (SSSR count). The van der Waals surface area contributed by atoms with E-state index in [0.29, 0.717) is 11.3 Å². The van der Waals surface area contributed by atoms with Gasteiger partial charge < -0.3 is 14.6 Å². The molecule has 3 aromatic rings. The number of hydrogen-bond donors (Lipinski definition) is 1. The number of amides is 2. The first kappa shape index (κ1) is 16.1. The lowest BCUT2D eigenvalue weighted by Gasteiger charge is -2.41. The van der Waals surface area contributed by atoms with E-state index in [1.54, 1.807) is 36.4 Å². The van der Waals surface area contributed by atoms with Crippen LogP contribution in [0.3, 0.4) is 0 Å². The van der Waals surface area contributed by atoms with Crippen LogP contribution >= 0.6 is 0 Å². The molecule has 0 bridgehead atoms. The molecule has 1 aliphatic heterocycles. The molecule has 1 fully saturated rings. The zero-order valence-electron chi connectivity index (χ0n) is 14.1. The SMILES string of the molecule is O=C(Nc1cccc(C(=O)N2CC[C@@H]2c2ccccc2)c1)c1ccco1. The monoisotopic (exact) mass is 346 g/mol. The molecule has 0 saturated carbocycles. The summed E-state index contributed by atoms with van der Waals surface area (Å²) in [6, 6.07) is 20.4. The average molecular weight is 346 g/mol. The molecule has 2 heterocycles. The fourth-order valence-corrected chi connectivity index (χ4v) is 3.15. The van der Waals surface area contributed by atoms with Crippen molar-refractivity contribution in [3.05, 3.63) is 89.9 Å². The number of nitrogens with zero attached hydrogens (tertiary/aromatic N) is 1. The lowest BCUT2D eigenvalue weighted by atomic mass is 9.93. The van der Waals surface area contributed by atoms with E-state index < -0.39 is 0 Å². The van der Waals surface area contributed by atoms with E-state index in [1.807, 2.05) is 35.2 Å². The van der Waals surface area contributed by atoms with Gasteiger partial charge in [-0.25, -0.2) is 0 Å². The molecule has 1 N–H and O–H groups in total. The van der Waals surface area contributed by atoms with Gasteiger partial charge in [0.15, 0.2) is 5.76 Å². The maximum atomic E-state index is 12.9. The molecular formula is C21H18N2O3. The number of benzene rings is 2. The average Bonchev–Trinajstić information content (AvgIpc) is 3.17. The van der Waals surface area contributed by atoms with E-state index in [2.05, 4.69) is 5.32 Å². The summed E-state index contributed by atoms with van der Waals surface area (Å²) < 4.78 is 5.09. The Balaban J connectivity index is 1.49. The van der Waals surface area contributed by atoms with Crippen LogP contribution in [0.2, 0.25) is 0 Å². The molecule has 130 valence electrons. The van der Waals surface area contributed by atoms with Crippen LogP contribution in [0.1, 0.15) is 38.9 Å². The zero-order chi connectivity index (χ0) is 17.9. The van der Waals surface area contributed by atoms with Gasteiger partial charge in [0.2, 0.25) is 0 Å². The van der Waals surface area contributed by atoms with Gasteiger partial charge in [0.1, 0.15) is 0 Å². The predicted octanol–water partition coefficient (Wildman–Crippen LogP) is 4.12. The van der Waals surface area contributed by atoms with Gasteiger partial charge in [-0.3, -0.25) is 9.59 Å². The Morgan fingerprint density at radius 1 is 1.00 bits per heavy atom. The highest BCUT2D eigenvalue weighted by Gasteiger charge is 2.33.